The zero-order chi connectivity index (χ0) is 27.0. The first-order valence-electron chi connectivity index (χ1n) is 11.8. The Morgan fingerprint density at radius 1 is 1.13 bits per heavy atom. The van der Waals surface area contributed by atoms with E-state index in [1.54, 1.807) is 48.5 Å². The van der Waals surface area contributed by atoms with E-state index in [0.29, 0.717) is 34.0 Å². The minimum absolute atomic E-state index is 0.108. The zero-order valence-corrected chi connectivity index (χ0v) is 22.0. The Hall–Kier alpha value is -4.08. The van der Waals surface area contributed by atoms with Gasteiger partial charge in [-0.2, -0.15) is 0 Å². The number of hydrogen-bond donors (Lipinski definition) is 2. The van der Waals surface area contributed by atoms with Gasteiger partial charge in [-0.1, -0.05) is 48.1 Å². The topological polar surface area (TPSA) is 109 Å². The summed E-state index contributed by atoms with van der Waals surface area (Å²) in [4.78, 5) is 32.8. The lowest BCUT2D eigenvalue weighted by atomic mass is 9.95. The van der Waals surface area contributed by atoms with Crippen molar-refractivity contribution in [1.29, 1.82) is 0 Å². The molecule has 0 aliphatic carbocycles. The first-order valence-corrected chi connectivity index (χ1v) is 13.0. The number of fused-ring (bicyclic) bond motifs is 1. The molecule has 5 rings (SSSR count). The molecule has 1 atom stereocenters. The highest BCUT2D eigenvalue weighted by Crippen LogP contribution is 2.46. The van der Waals surface area contributed by atoms with E-state index in [2.05, 4.69) is 4.98 Å². The Bertz CT molecular complexity index is 1600. The highest BCUT2D eigenvalue weighted by Gasteiger charge is 2.48. The summed E-state index contributed by atoms with van der Waals surface area (Å²) < 4.78 is 11.7. The lowest BCUT2D eigenvalue weighted by Gasteiger charge is -2.23. The quantitative estimate of drug-likeness (QED) is 0.163. The van der Waals surface area contributed by atoms with Crippen LogP contribution < -0.4 is 14.4 Å². The number of ketones is 1. The summed E-state index contributed by atoms with van der Waals surface area (Å²) >= 11 is 7.34. The van der Waals surface area contributed by atoms with Crippen LogP contribution in [0, 0.1) is 0 Å². The zero-order valence-electron chi connectivity index (χ0n) is 20.5. The molecule has 3 aromatic carbocycles. The Morgan fingerprint density at radius 3 is 2.71 bits per heavy atom. The highest BCUT2D eigenvalue weighted by molar-refractivity contribution is 7.22. The van der Waals surface area contributed by atoms with Crippen molar-refractivity contribution in [2.24, 2.45) is 0 Å². The number of aliphatic hydroxyl groups is 1. The van der Waals surface area contributed by atoms with Crippen LogP contribution in [0.15, 0.2) is 66.2 Å². The van der Waals surface area contributed by atoms with E-state index in [1.807, 2.05) is 6.92 Å². The number of halogens is 1. The van der Waals surface area contributed by atoms with Crippen LogP contribution in [-0.4, -0.2) is 40.6 Å². The number of Topliss-reactive ketones (excluding diaryl/α,β-unsaturated/α-hetero) is 1. The normalized spacial score (nSPS) is 16.8. The molecule has 0 spiro atoms. The number of nitrogens with zero attached hydrogens (tertiary/aromatic N) is 2. The number of methoxy groups -OCH3 is 1. The summed E-state index contributed by atoms with van der Waals surface area (Å²) in [7, 11) is 1.40. The standard InChI is InChI=1S/C28H23ClN2O6S/c1-3-11-37-18-6-4-5-16(12-18)25(33)23-24(15-7-10-20(32)21(13-15)36-2)31(27(35)26(23)34)28-30-19-9-8-17(29)14-22(19)38-28/h4-10,12-14,24,32-33H,3,11H2,1-2H3/b25-23+. The number of aliphatic hydroxyl groups excluding tert-OH is 1. The monoisotopic (exact) mass is 550 g/mol. The van der Waals surface area contributed by atoms with Crippen LogP contribution in [0.3, 0.4) is 0 Å². The van der Waals surface area contributed by atoms with Crippen molar-refractivity contribution in [2.45, 2.75) is 19.4 Å². The van der Waals surface area contributed by atoms with E-state index in [9.17, 15) is 19.8 Å². The molecule has 1 amide bonds. The van der Waals surface area contributed by atoms with Gasteiger partial charge in [-0.05, 0) is 54.4 Å². The number of anilines is 1. The average Bonchev–Trinajstić information content (AvgIpc) is 3.45. The summed E-state index contributed by atoms with van der Waals surface area (Å²) in [5, 5.41) is 22.4. The molecule has 0 radical (unpaired) electrons. The first kappa shape index (κ1) is 25.6. The molecule has 0 saturated carbocycles. The third kappa shape index (κ3) is 4.55. The van der Waals surface area contributed by atoms with E-state index < -0.39 is 17.7 Å². The summed E-state index contributed by atoms with van der Waals surface area (Å²) in [6.07, 6.45) is 0.803. The number of rotatable bonds is 7. The Labute approximate surface area is 227 Å². The maximum atomic E-state index is 13.5. The number of carbonyl (C=O) groups is 2. The maximum Gasteiger partial charge on any atom is 0.301 e. The van der Waals surface area contributed by atoms with Gasteiger partial charge in [0, 0.05) is 10.6 Å². The summed E-state index contributed by atoms with van der Waals surface area (Å²) in [5.74, 6) is -1.49. The molecule has 10 heteroatoms. The van der Waals surface area contributed by atoms with Crippen molar-refractivity contribution in [3.63, 3.8) is 0 Å². The van der Waals surface area contributed by atoms with Gasteiger partial charge in [0.25, 0.3) is 5.78 Å². The van der Waals surface area contributed by atoms with Crippen LogP contribution in [0.2, 0.25) is 5.02 Å². The third-order valence-electron chi connectivity index (χ3n) is 6.09. The van der Waals surface area contributed by atoms with Crippen molar-refractivity contribution in [1.82, 2.24) is 4.98 Å². The number of carbonyl (C=O) groups excluding carboxylic acids is 2. The number of hydrogen-bond acceptors (Lipinski definition) is 8. The molecule has 1 fully saturated rings. The molecular weight excluding hydrogens is 528 g/mol. The van der Waals surface area contributed by atoms with Crippen LogP contribution in [0.5, 0.6) is 17.2 Å². The first-order chi connectivity index (χ1) is 18.3. The second kappa shape index (κ2) is 10.4. The fourth-order valence-corrected chi connectivity index (χ4v) is 5.58. The number of ether oxygens (including phenoxy) is 2. The number of aromatic hydroxyl groups is 1. The van der Waals surface area contributed by atoms with Crippen LogP contribution in [0.4, 0.5) is 5.13 Å². The van der Waals surface area contributed by atoms with Crippen molar-refractivity contribution in [2.75, 3.05) is 18.6 Å². The molecule has 38 heavy (non-hydrogen) atoms. The molecule has 8 nitrogen and oxygen atoms in total. The number of aromatic nitrogens is 1. The third-order valence-corrected chi connectivity index (χ3v) is 7.34. The van der Waals surface area contributed by atoms with E-state index >= 15 is 0 Å². The number of phenols is 1. The van der Waals surface area contributed by atoms with Gasteiger partial charge in [-0.3, -0.25) is 14.5 Å². The van der Waals surface area contributed by atoms with Gasteiger partial charge in [-0.25, -0.2) is 4.98 Å². The van der Waals surface area contributed by atoms with Gasteiger partial charge in [0.15, 0.2) is 16.6 Å². The van der Waals surface area contributed by atoms with Crippen molar-refractivity contribution >= 4 is 55.7 Å². The lowest BCUT2D eigenvalue weighted by molar-refractivity contribution is -0.132. The second-order valence-corrected chi connectivity index (χ2v) is 10.0. The van der Waals surface area contributed by atoms with Crippen LogP contribution in [0.1, 0.15) is 30.5 Å². The van der Waals surface area contributed by atoms with Gasteiger partial charge >= 0.3 is 5.91 Å². The number of phenolic OH excluding ortho intramolecular Hbond substituents is 1. The molecule has 2 N–H and O–H groups in total. The Kier molecular flexibility index (Phi) is 6.96. The summed E-state index contributed by atoms with van der Waals surface area (Å²) in [6.45, 7) is 2.47. The maximum absolute atomic E-state index is 13.5. The van der Waals surface area contributed by atoms with Gasteiger partial charge in [0.05, 0.1) is 35.5 Å². The molecule has 2 heterocycles. The van der Waals surface area contributed by atoms with Crippen LogP contribution >= 0.6 is 22.9 Å². The summed E-state index contributed by atoms with van der Waals surface area (Å²) in [5.41, 5.74) is 1.26. The molecule has 194 valence electrons. The van der Waals surface area contributed by atoms with Gasteiger partial charge in [-0.15, -0.1) is 0 Å². The van der Waals surface area contributed by atoms with Crippen molar-refractivity contribution in [3.05, 3.63) is 82.4 Å². The molecule has 4 aromatic rings. The van der Waals surface area contributed by atoms with Gasteiger partial charge < -0.3 is 19.7 Å². The lowest BCUT2D eigenvalue weighted by Crippen LogP contribution is -2.29. The van der Waals surface area contributed by atoms with E-state index in [-0.39, 0.29) is 28.0 Å². The van der Waals surface area contributed by atoms with E-state index in [0.717, 1.165) is 11.1 Å². The molecule has 1 aromatic heterocycles. The van der Waals surface area contributed by atoms with Gasteiger partial charge in [0.1, 0.15) is 11.5 Å². The average molecular weight is 551 g/mol. The number of thiazole rings is 1. The predicted octanol–water partition coefficient (Wildman–Crippen LogP) is 6.08. The fraction of sp³-hybridized carbons (Fsp3) is 0.179. The molecule has 1 unspecified atom stereocenters. The van der Waals surface area contributed by atoms with Crippen molar-refractivity contribution in [3.8, 4) is 17.2 Å². The number of amides is 1. The Balaban J connectivity index is 1.71. The van der Waals surface area contributed by atoms with E-state index in [4.69, 9.17) is 21.1 Å². The minimum Gasteiger partial charge on any atom is -0.507 e. The fourth-order valence-electron chi connectivity index (χ4n) is 4.31. The Morgan fingerprint density at radius 2 is 1.95 bits per heavy atom. The SMILES string of the molecule is CCCOc1cccc(/C(O)=C2\C(=O)C(=O)N(c3nc4ccc(Cl)cc4s3)C2c2ccc(O)c(OC)c2)c1. The smallest absolute Gasteiger partial charge is 0.301 e. The molecule has 0 bridgehead atoms. The molecular formula is C28H23ClN2O6S. The van der Waals surface area contributed by atoms with Crippen LogP contribution in [-0.2, 0) is 9.59 Å². The highest BCUT2D eigenvalue weighted by atomic mass is 35.5. The number of benzene rings is 3. The molecule has 1 aliphatic rings. The summed E-state index contributed by atoms with van der Waals surface area (Å²) in [6, 6.07) is 15.3. The largest absolute Gasteiger partial charge is 0.507 e. The van der Waals surface area contributed by atoms with Crippen molar-refractivity contribution < 1.29 is 29.3 Å². The van der Waals surface area contributed by atoms with Crippen LogP contribution in [0.25, 0.3) is 16.0 Å². The molecule has 1 aliphatic heterocycles. The van der Waals surface area contributed by atoms with Gasteiger partial charge in [0.2, 0.25) is 0 Å². The minimum atomic E-state index is -1.04. The predicted molar refractivity (Wildman–Crippen MR) is 146 cm³/mol. The molecule has 1 saturated heterocycles. The second-order valence-electron chi connectivity index (χ2n) is 8.59. The van der Waals surface area contributed by atoms with E-state index in [1.165, 1.54) is 35.5 Å².